The smallest absolute Gasteiger partial charge is 0.387 e. The Balaban J connectivity index is 1.60. The Hall–Kier alpha value is -3.76. The van der Waals surface area contributed by atoms with Crippen molar-refractivity contribution >= 4 is 17.1 Å². The summed E-state index contributed by atoms with van der Waals surface area (Å²) in [6.45, 7) is 1.58. The van der Waals surface area contributed by atoms with Gasteiger partial charge in [0.2, 0.25) is 0 Å². The lowest BCUT2D eigenvalue weighted by Crippen LogP contribution is -2.54. The van der Waals surface area contributed by atoms with Crippen LogP contribution in [0.25, 0.3) is 16.9 Å². The van der Waals surface area contributed by atoms with E-state index in [-0.39, 0.29) is 18.2 Å². The third kappa shape index (κ3) is 6.20. The first-order valence-corrected chi connectivity index (χ1v) is 11.9. The minimum atomic E-state index is -4.31. The van der Waals surface area contributed by atoms with Crippen LogP contribution in [-0.4, -0.2) is 80.7 Å². The number of amides is 1. The average molecular weight is 534 g/mol. The number of anilines is 1. The number of fused-ring (bicyclic) bond motifs is 1. The number of nitrogens with one attached hydrogen (secondary N) is 2. The van der Waals surface area contributed by atoms with Crippen LogP contribution in [0.2, 0.25) is 0 Å². The molecule has 4 heterocycles. The molecule has 3 N–H and O–H groups in total. The number of carbonyl (C=O) groups is 1. The lowest BCUT2D eigenvalue weighted by atomic mass is 10.0. The largest absolute Gasteiger partial charge is 0.401 e. The van der Waals surface area contributed by atoms with Gasteiger partial charge in [0.05, 0.1) is 58.6 Å². The van der Waals surface area contributed by atoms with Gasteiger partial charge in [-0.05, 0) is 44.5 Å². The summed E-state index contributed by atoms with van der Waals surface area (Å²) in [5.74, 6) is -0.656. The number of aliphatic hydroxyl groups is 1. The number of pyridine rings is 1. The van der Waals surface area contributed by atoms with Gasteiger partial charge in [-0.15, -0.1) is 0 Å². The van der Waals surface area contributed by atoms with Gasteiger partial charge in [0, 0.05) is 25.3 Å². The quantitative estimate of drug-likeness (QED) is 0.362. The SMILES string of the molecule is CC(C)(O)C(F)CNC(=O)c1cnc(-c2ccc3cc(C#N)cnn23)cc1NC[C@H]1CCN1CC(F)(F)F. The molecular weight excluding hydrogens is 506 g/mol. The molecule has 3 aromatic heterocycles. The zero-order valence-electron chi connectivity index (χ0n) is 20.8. The monoisotopic (exact) mass is 533 g/mol. The molecule has 1 fully saturated rings. The number of halogens is 4. The molecular formula is C25H27F4N7O2. The highest BCUT2D eigenvalue weighted by molar-refractivity contribution is 6.00. The number of nitriles is 1. The molecule has 1 amide bonds. The van der Waals surface area contributed by atoms with Gasteiger partial charge < -0.3 is 15.7 Å². The molecule has 1 unspecified atom stereocenters. The van der Waals surface area contributed by atoms with Crippen molar-refractivity contribution in [1.29, 1.82) is 5.26 Å². The summed E-state index contributed by atoms with van der Waals surface area (Å²) in [4.78, 5) is 18.6. The minimum Gasteiger partial charge on any atom is -0.387 e. The molecule has 0 saturated carbocycles. The summed E-state index contributed by atoms with van der Waals surface area (Å²) >= 11 is 0. The van der Waals surface area contributed by atoms with Gasteiger partial charge in [0.15, 0.2) is 0 Å². The van der Waals surface area contributed by atoms with Gasteiger partial charge >= 0.3 is 6.18 Å². The lowest BCUT2D eigenvalue weighted by Gasteiger charge is -2.41. The van der Waals surface area contributed by atoms with E-state index in [0.717, 1.165) is 0 Å². The first-order valence-electron chi connectivity index (χ1n) is 11.9. The van der Waals surface area contributed by atoms with E-state index in [0.29, 0.717) is 41.1 Å². The predicted octanol–water partition coefficient (Wildman–Crippen LogP) is 3.16. The van der Waals surface area contributed by atoms with Gasteiger partial charge in [0.1, 0.15) is 12.2 Å². The number of rotatable bonds is 9. The van der Waals surface area contributed by atoms with Crippen molar-refractivity contribution in [1.82, 2.24) is 24.8 Å². The number of hydrogen-bond acceptors (Lipinski definition) is 7. The number of aromatic nitrogens is 3. The normalized spacial score (nSPS) is 17.1. The third-order valence-corrected chi connectivity index (χ3v) is 6.43. The Morgan fingerprint density at radius 3 is 2.68 bits per heavy atom. The molecule has 1 saturated heterocycles. The molecule has 4 rings (SSSR count). The van der Waals surface area contributed by atoms with Crippen LogP contribution in [0.5, 0.6) is 0 Å². The maximum absolute atomic E-state index is 14.2. The van der Waals surface area contributed by atoms with Crippen LogP contribution in [0, 0.1) is 11.3 Å². The number of likely N-dealkylation sites (tertiary alicyclic amines) is 1. The Kier molecular flexibility index (Phi) is 7.57. The number of carbonyl (C=O) groups excluding carboxylic acids is 1. The fourth-order valence-corrected chi connectivity index (χ4v) is 4.10. The number of hydrogen-bond donors (Lipinski definition) is 3. The van der Waals surface area contributed by atoms with E-state index >= 15 is 0 Å². The molecule has 38 heavy (non-hydrogen) atoms. The zero-order valence-corrected chi connectivity index (χ0v) is 20.8. The predicted molar refractivity (Wildman–Crippen MR) is 131 cm³/mol. The van der Waals surface area contributed by atoms with Crippen LogP contribution in [0.4, 0.5) is 23.2 Å². The lowest BCUT2D eigenvalue weighted by molar-refractivity contribution is -0.160. The van der Waals surface area contributed by atoms with Gasteiger partial charge in [-0.1, -0.05) is 0 Å². The van der Waals surface area contributed by atoms with Crippen molar-refractivity contribution in [2.75, 3.05) is 31.5 Å². The summed E-state index contributed by atoms with van der Waals surface area (Å²) in [6.07, 6.45) is -2.78. The molecule has 2 atom stereocenters. The standard InChI is InChI=1S/C25H27F4N7O2/c1-24(2,38)22(26)13-33-23(37)18-12-32-20(21-4-3-16-7-15(9-30)10-34-36(16)21)8-19(18)31-11-17-5-6-35(17)14-25(27,28)29/h3-4,7-8,10,12,17,22,38H,5-6,11,13-14H2,1-2H3,(H,31,32)(H,33,37)/t17-,22?/m1/s1. The van der Waals surface area contributed by atoms with E-state index in [9.17, 15) is 27.5 Å². The Labute approximate surface area is 216 Å². The molecule has 0 radical (unpaired) electrons. The fraction of sp³-hybridized carbons (Fsp3) is 0.440. The highest BCUT2D eigenvalue weighted by Crippen LogP contribution is 2.28. The molecule has 3 aromatic rings. The molecule has 0 spiro atoms. The first-order chi connectivity index (χ1) is 17.9. The second-order valence-corrected chi connectivity index (χ2v) is 9.77. The number of alkyl halides is 4. The van der Waals surface area contributed by atoms with Crippen molar-refractivity contribution < 1.29 is 27.5 Å². The molecule has 0 aliphatic carbocycles. The van der Waals surface area contributed by atoms with Gasteiger partial charge in [-0.3, -0.25) is 14.7 Å². The zero-order chi connectivity index (χ0) is 27.7. The van der Waals surface area contributed by atoms with Crippen molar-refractivity contribution in [3.63, 3.8) is 0 Å². The Morgan fingerprint density at radius 1 is 1.29 bits per heavy atom. The highest BCUT2D eigenvalue weighted by atomic mass is 19.4. The summed E-state index contributed by atoms with van der Waals surface area (Å²) in [6, 6.07) is 8.36. The van der Waals surface area contributed by atoms with Gasteiger partial charge in [-0.25, -0.2) is 8.91 Å². The summed E-state index contributed by atoms with van der Waals surface area (Å²) < 4.78 is 54.3. The van der Waals surface area contributed by atoms with E-state index in [1.54, 1.807) is 28.8 Å². The van der Waals surface area contributed by atoms with E-state index in [2.05, 4.69) is 20.7 Å². The second kappa shape index (κ2) is 10.5. The molecule has 1 aliphatic rings. The van der Waals surface area contributed by atoms with E-state index in [1.165, 1.54) is 31.1 Å². The first kappa shape index (κ1) is 27.3. The summed E-state index contributed by atoms with van der Waals surface area (Å²) in [7, 11) is 0. The third-order valence-electron chi connectivity index (χ3n) is 6.43. The number of nitrogens with zero attached hydrogens (tertiary/aromatic N) is 5. The summed E-state index contributed by atoms with van der Waals surface area (Å²) in [5.41, 5.74) is 0.722. The molecule has 0 aromatic carbocycles. The minimum absolute atomic E-state index is 0.0685. The van der Waals surface area contributed by atoms with Gasteiger partial charge in [0.25, 0.3) is 5.91 Å². The molecule has 0 bridgehead atoms. The van der Waals surface area contributed by atoms with Crippen molar-refractivity contribution in [3.8, 4) is 17.5 Å². The molecule has 9 nitrogen and oxygen atoms in total. The molecule has 13 heteroatoms. The van der Waals surface area contributed by atoms with Crippen LogP contribution in [0.3, 0.4) is 0 Å². The van der Waals surface area contributed by atoms with Crippen molar-refractivity contribution in [2.45, 2.75) is 44.3 Å². The van der Waals surface area contributed by atoms with Crippen molar-refractivity contribution in [2.24, 2.45) is 0 Å². The van der Waals surface area contributed by atoms with E-state index in [4.69, 9.17) is 5.26 Å². The topological polar surface area (TPSA) is 119 Å². The highest BCUT2D eigenvalue weighted by Gasteiger charge is 2.38. The van der Waals surface area contributed by atoms with Crippen LogP contribution in [0.1, 0.15) is 36.2 Å². The fourth-order valence-electron chi connectivity index (χ4n) is 4.10. The van der Waals surface area contributed by atoms with Crippen LogP contribution >= 0.6 is 0 Å². The Bertz CT molecular complexity index is 1360. The molecule has 1 aliphatic heterocycles. The van der Waals surface area contributed by atoms with Gasteiger partial charge in [-0.2, -0.15) is 23.5 Å². The summed E-state index contributed by atoms with van der Waals surface area (Å²) in [5, 5.41) is 28.7. The molecule has 202 valence electrons. The van der Waals surface area contributed by atoms with Crippen LogP contribution in [-0.2, 0) is 0 Å². The maximum atomic E-state index is 14.2. The van der Waals surface area contributed by atoms with E-state index in [1.807, 2.05) is 6.07 Å². The van der Waals surface area contributed by atoms with E-state index < -0.39 is 36.9 Å². The van der Waals surface area contributed by atoms with Crippen LogP contribution in [0.15, 0.2) is 36.7 Å². The average Bonchev–Trinajstić information content (AvgIpc) is 3.27. The maximum Gasteiger partial charge on any atom is 0.401 e. The second-order valence-electron chi connectivity index (χ2n) is 9.77. The van der Waals surface area contributed by atoms with Crippen molar-refractivity contribution in [3.05, 3.63) is 47.8 Å². The Morgan fingerprint density at radius 2 is 2.05 bits per heavy atom. The van der Waals surface area contributed by atoms with Crippen LogP contribution < -0.4 is 10.6 Å².